The van der Waals surface area contributed by atoms with Crippen molar-refractivity contribution in [2.75, 3.05) is 18.1 Å². The molecule has 3 rings (SSSR count). The number of aliphatic hydroxyl groups is 1. The van der Waals surface area contributed by atoms with Gasteiger partial charge in [-0.05, 0) is 18.9 Å². The van der Waals surface area contributed by atoms with Crippen molar-refractivity contribution >= 4 is 39.1 Å². The zero-order chi connectivity index (χ0) is 15.0. The van der Waals surface area contributed by atoms with Crippen molar-refractivity contribution in [2.45, 2.75) is 44.1 Å². The van der Waals surface area contributed by atoms with Crippen LogP contribution in [0, 0.1) is 0 Å². The first kappa shape index (κ1) is 15.0. The average molecular weight is 325 g/mol. The maximum absolute atomic E-state index is 8.91. The van der Waals surface area contributed by atoms with Gasteiger partial charge in [0.05, 0.1) is 24.2 Å². The maximum Gasteiger partial charge on any atom is 0.190 e. The summed E-state index contributed by atoms with van der Waals surface area (Å²) < 4.78 is 5.99. The third-order valence-corrected chi connectivity index (χ3v) is 5.84. The molecule has 7 heteroatoms. The summed E-state index contributed by atoms with van der Waals surface area (Å²) in [5.74, 6) is 1.12. The van der Waals surface area contributed by atoms with Gasteiger partial charge in [-0.15, -0.1) is 11.3 Å². The number of nitrogens with two attached hydrogens (primary N) is 1. The summed E-state index contributed by atoms with van der Waals surface area (Å²) >= 11 is 3.06. The number of nitrogens with zero attached hydrogens (tertiary/aromatic N) is 2. The normalized spacial score (nSPS) is 21.7. The van der Waals surface area contributed by atoms with Crippen molar-refractivity contribution in [3.63, 3.8) is 0 Å². The lowest BCUT2D eigenvalue weighted by Crippen LogP contribution is -2.33. The van der Waals surface area contributed by atoms with E-state index in [-0.39, 0.29) is 12.2 Å². The van der Waals surface area contributed by atoms with E-state index in [4.69, 9.17) is 15.6 Å². The third-order valence-electron chi connectivity index (χ3n) is 3.91. The van der Waals surface area contributed by atoms with Crippen LogP contribution in [-0.4, -0.2) is 33.0 Å². The molecule has 0 fully saturated rings. The number of anilines is 1. The summed E-state index contributed by atoms with van der Waals surface area (Å²) in [6.45, 7) is 5.01. The van der Waals surface area contributed by atoms with Crippen LogP contribution in [0.15, 0.2) is 5.16 Å². The topological polar surface area (TPSA) is 81.3 Å². The van der Waals surface area contributed by atoms with Gasteiger partial charge in [0.1, 0.15) is 10.6 Å². The molecule has 5 nitrogen and oxygen atoms in total. The molecule has 0 saturated carbocycles. The number of thiophene rings is 1. The Morgan fingerprint density at radius 1 is 1.48 bits per heavy atom. The number of thioether (sulfide) groups is 1. The van der Waals surface area contributed by atoms with Crippen molar-refractivity contribution in [3.05, 3.63) is 10.4 Å². The molecule has 0 bridgehead atoms. The molecular weight excluding hydrogens is 306 g/mol. The fraction of sp³-hybridized carbons (Fsp3) is 0.571. The second-order valence-corrected chi connectivity index (χ2v) is 7.56. The van der Waals surface area contributed by atoms with Crippen molar-refractivity contribution in [2.24, 2.45) is 0 Å². The number of nitrogen functional groups attached to an aromatic ring is 1. The Labute approximate surface area is 131 Å². The van der Waals surface area contributed by atoms with E-state index in [0.29, 0.717) is 23.3 Å². The maximum atomic E-state index is 8.91. The zero-order valence-electron chi connectivity index (χ0n) is 12.2. The van der Waals surface area contributed by atoms with E-state index in [1.54, 1.807) is 11.3 Å². The number of aliphatic hydroxyl groups excluding tert-OH is 1. The summed E-state index contributed by atoms with van der Waals surface area (Å²) in [5, 5.41) is 10.5. The number of rotatable bonds is 4. The second kappa shape index (κ2) is 5.72. The Bertz CT molecular complexity index is 674. The Morgan fingerprint density at radius 3 is 3.00 bits per heavy atom. The number of fused-ring (bicyclic) bond motifs is 3. The lowest BCUT2D eigenvalue weighted by molar-refractivity contribution is -0.0542. The second-order valence-electron chi connectivity index (χ2n) is 5.42. The van der Waals surface area contributed by atoms with E-state index in [1.807, 2.05) is 0 Å². The molecule has 1 unspecified atom stereocenters. The molecular formula is C14H19N3O2S2. The predicted molar refractivity (Wildman–Crippen MR) is 86.8 cm³/mol. The number of hydrogen-bond donors (Lipinski definition) is 2. The van der Waals surface area contributed by atoms with E-state index in [2.05, 4.69) is 23.8 Å². The van der Waals surface area contributed by atoms with Gasteiger partial charge in [0, 0.05) is 17.1 Å². The first-order valence-electron chi connectivity index (χ1n) is 7.01. The minimum absolute atomic E-state index is 0.107. The highest BCUT2D eigenvalue weighted by Crippen LogP contribution is 2.41. The number of hydrogen-bond acceptors (Lipinski definition) is 7. The van der Waals surface area contributed by atoms with Gasteiger partial charge in [-0.25, -0.2) is 9.97 Å². The van der Waals surface area contributed by atoms with Gasteiger partial charge in [0.2, 0.25) is 0 Å². The van der Waals surface area contributed by atoms with Crippen LogP contribution in [0.25, 0.3) is 10.2 Å². The highest BCUT2D eigenvalue weighted by molar-refractivity contribution is 7.99. The first-order valence-corrected chi connectivity index (χ1v) is 8.82. The molecule has 1 aliphatic heterocycles. The van der Waals surface area contributed by atoms with Crippen LogP contribution in [-0.2, 0) is 17.8 Å². The molecule has 21 heavy (non-hydrogen) atoms. The predicted octanol–water partition coefficient (Wildman–Crippen LogP) is 2.60. The fourth-order valence-electron chi connectivity index (χ4n) is 2.51. The van der Waals surface area contributed by atoms with Crippen LogP contribution >= 0.6 is 23.1 Å². The summed E-state index contributed by atoms with van der Waals surface area (Å²) in [7, 11) is 0. The minimum Gasteiger partial charge on any atom is -0.396 e. The van der Waals surface area contributed by atoms with Crippen LogP contribution in [0.4, 0.5) is 5.82 Å². The smallest absolute Gasteiger partial charge is 0.190 e. The molecule has 0 aromatic carbocycles. The Balaban J connectivity index is 2.05. The molecule has 0 amide bonds. The van der Waals surface area contributed by atoms with Gasteiger partial charge < -0.3 is 15.6 Å². The summed E-state index contributed by atoms with van der Waals surface area (Å²) in [6, 6.07) is 0. The molecule has 1 atom stereocenters. The van der Waals surface area contributed by atoms with Gasteiger partial charge >= 0.3 is 0 Å². The van der Waals surface area contributed by atoms with Crippen LogP contribution < -0.4 is 5.73 Å². The molecule has 3 N–H and O–H groups in total. The average Bonchev–Trinajstić information content (AvgIpc) is 2.83. The monoisotopic (exact) mass is 325 g/mol. The Hall–Kier alpha value is -0.890. The van der Waals surface area contributed by atoms with E-state index < -0.39 is 0 Å². The molecule has 2 aromatic heterocycles. The van der Waals surface area contributed by atoms with E-state index in [9.17, 15) is 0 Å². The van der Waals surface area contributed by atoms with Gasteiger partial charge in [0.15, 0.2) is 5.16 Å². The lowest BCUT2D eigenvalue weighted by atomic mass is 9.90. The summed E-state index contributed by atoms with van der Waals surface area (Å²) in [5.41, 5.74) is 7.29. The molecule has 0 spiro atoms. The minimum atomic E-state index is -0.127. The molecule has 1 aliphatic rings. The van der Waals surface area contributed by atoms with E-state index in [1.165, 1.54) is 22.2 Å². The van der Waals surface area contributed by atoms with Gasteiger partial charge in [-0.2, -0.15) is 0 Å². The van der Waals surface area contributed by atoms with Gasteiger partial charge in [0.25, 0.3) is 0 Å². The van der Waals surface area contributed by atoms with E-state index >= 15 is 0 Å². The molecule has 0 aliphatic carbocycles. The van der Waals surface area contributed by atoms with Crippen molar-refractivity contribution in [1.29, 1.82) is 0 Å². The van der Waals surface area contributed by atoms with Gasteiger partial charge in [-0.1, -0.05) is 18.7 Å². The Kier molecular flexibility index (Phi) is 4.09. The highest BCUT2D eigenvalue weighted by atomic mass is 32.2. The molecule has 2 aromatic rings. The lowest BCUT2D eigenvalue weighted by Gasteiger charge is -2.33. The summed E-state index contributed by atoms with van der Waals surface area (Å²) in [6.07, 6.45) is 1.82. The Morgan fingerprint density at radius 2 is 2.29 bits per heavy atom. The number of aromatic nitrogens is 2. The first-order chi connectivity index (χ1) is 10.1. The van der Waals surface area contributed by atoms with Crippen LogP contribution in [0.1, 0.15) is 30.7 Å². The van der Waals surface area contributed by atoms with Crippen LogP contribution in [0.3, 0.4) is 0 Å². The van der Waals surface area contributed by atoms with Gasteiger partial charge in [-0.3, -0.25) is 0 Å². The molecule has 114 valence electrons. The highest BCUT2D eigenvalue weighted by Gasteiger charge is 2.32. The van der Waals surface area contributed by atoms with Crippen LogP contribution in [0.2, 0.25) is 0 Å². The van der Waals surface area contributed by atoms with Crippen LogP contribution in [0.5, 0.6) is 0 Å². The third kappa shape index (κ3) is 2.75. The molecule has 0 radical (unpaired) electrons. The van der Waals surface area contributed by atoms with Crippen molar-refractivity contribution in [1.82, 2.24) is 9.97 Å². The standard InChI is InChI=1S/C14H19N3O2S2/c1-3-14(2)6-8-9(7-19-14)21-12-10(8)11(15)16-13(17-12)20-5-4-18/h18H,3-7H2,1-2H3,(H2,15,16,17). The molecule has 0 saturated heterocycles. The summed E-state index contributed by atoms with van der Waals surface area (Å²) in [4.78, 5) is 11.1. The molecule has 3 heterocycles. The quantitative estimate of drug-likeness (QED) is 0.664. The zero-order valence-corrected chi connectivity index (χ0v) is 13.8. The van der Waals surface area contributed by atoms with E-state index in [0.717, 1.165) is 23.1 Å². The number of ether oxygens (including phenoxy) is 1. The fourth-order valence-corrected chi connectivity index (χ4v) is 4.27. The largest absolute Gasteiger partial charge is 0.396 e. The SMILES string of the molecule is CCC1(C)Cc2c(sc3nc(SCCO)nc(N)c23)CO1. The van der Waals surface area contributed by atoms with Crippen molar-refractivity contribution < 1.29 is 9.84 Å². The van der Waals surface area contributed by atoms with Crippen molar-refractivity contribution in [3.8, 4) is 0 Å².